The Morgan fingerprint density at radius 1 is 1.80 bits per heavy atom. The maximum absolute atomic E-state index is 10.5. The second kappa shape index (κ2) is 5.23. The van der Waals surface area contributed by atoms with Crippen LogP contribution in [0, 0.1) is 6.42 Å². The number of carbonyl (C=O) groups is 1. The first-order chi connectivity index (χ1) is 4.70. The second-order valence-electron chi connectivity index (χ2n) is 1.97. The Hall–Kier alpha value is -0.570. The summed E-state index contributed by atoms with van der Waals surface area (Å²) >= 11 is 0. The standard InChI is InChI=1S/C7H13O3/c1-3-5-7(9)10-6(8)4-2/h4,7,9H,3,5H2,1-2H3. The van der Waals surface area contributed by atoms with E-state index in [0.29, 0.717) is 6.42 Å². The lowest BCUT2D eigenvalue weighted by Crippen LogP contribution is -2.16. The van der Waals surface area contributed by atoms with Crippen molar-refractivity contribution in [1.82, 2.24) is 0 Å². The van der Waals surface area contributed by atoms with Crippen molar-refractivity contribution < 1.29 is 14.6 Å². The summed E-state index contributed by atoms with van der Waals surface area (Å²) in [6.45, 7) is 3.48. The average molecular weight is 145 g/mol. The number of rotatable bonds is 4. The van der Waals surface area contributed by atoms with E-state index in [4.69, 9.17) is 5.11 Å². The molecule has 0 fully saturated rings. The van der Waals surface area contributed by atoms with Gasteiger partial charge in [-0.3, -0.25) is 4.79 Å². The molecule has 10 heavy (non-hydrogen) atoms. The molecule has 0 aliphatic rings. The SMILES string of the molecule is C[CH]C(=O)OC(O)CCC. The van der Waals surface area contributed by atoms with Crippen LogP contribution < -0.4 is 0 Å². The van der Waals surface area contributed by atoms with Crippen LogP contribution in [0.2, 0.25) is 0 Å². The van der Waals surface area contributed by atoms with Crippen molar-refractivity contribution in [1.29, 1.82) is 0 Å². The average Bonchev–Trinajstić information content (AvgIpc) is 1.88. The molecule has 0 aromatic heterocycles. The van der Waals surface area contributed by atoms with Gasteiger partial charge in [-0.05, 0) is 0 Å². The third-order valence-electron chi connectivity index (χ3n) is 1.02. The fraction of sp³-hybridized carbons (Fsp3) is 0.714. The molecule has 3 nitrogen and oxygen atoms in total. The maximum Gasteiger partial charge on any atom is 0.311 e. The Balaban J connectivity index is 3.37. The van der Waals surface area contributed by atoms with Gasteiger partial charge < -0.3 is 9.84 Å². The van der Waals surface area contributed by atoms with Crippen molar-refractivity contribution in [3.05, 3.63) is 6.42 Å². The molecule has 59 valence electrons. The zero-order valence-corrected chi connectivity index (χ0v) is 6.33. The van der Waals surface area contributed by atoms with Crippen molar-refractivity contribution in [2.45, 2.75) is 33.0 Å². The van der Waals surface area contributed by atoms with Crippen LogP contribution in [-0.4, -0.2) is 17.4 Å². The minimum absolute atomic E-state index is 0.471. The zero-order valence-electron chi connectivity index (χ0n) is 6.33. The topological polar surface area (TPSA) is 46.5 Å². The molecule has 0 bridgehead atoms. The highest BCUT2D eigenvalue weighted by molar-refractivity contribution is 5.78. The van der Waals surface area contributed by atoms with E-state index in [1.165, 1.54) is 6.42 Å². The maximum atomic E-state index is 10.5. The number of aliphatic hydroxyl groups excluding tert-OH is 1. The molecule has 0 saturated carbocycles. The predicted molar refractivity (Wildman–Crippen MR) is 37.0 cm³/mol. The molecule has 3 heteroatoms. The largest absolute Gasteiger partial charge is 0.436 e. The molecule has 1 radical (unpaired) electrons. The molecular weight excluding hydrogens is 132 g/mol. The number of aliphatic hydroxyl groups is 1. The van der Waals surface area contributed by atoms with Crippen molar-refractivity contribution in [3.8, 4) is 0 Å². The molecule has 1 atom stereocenters. The Kier molecular flexibility index (Phi) is 4.94. The van der Waals surface area contributed by atoms with Crippen molar-refractivity contribution >= 4 is 5.97 Å². The number of esters is 1. The van der Waals surface area contributed by atoms with Crippen molar-refractivity contribution in [3.63, 3.8) is 0 Å². The van der Waals surface area contributed by atoms with Gasteiger partial charge in [-0.2, -0.15) is 0 Å². The van der Waals surface area contributed by atoms with Crippen molar-refractivity contribution in [2.75, 3.05) is 0 Å². The summed E-state index contributed by atoms with van der Waals surface area (Å²) in [5.41, 5.74) is 0. The molecule has 0 aromatic carbocycles. The molecule has 0 saturated heterocycles. The van der Waals surface area contributed by atoms with Crippen LogP contribution in [-0.2, 0) is 9.53 Å². The van der Waals surface area contributed by atoms with Gasteiger partial charge in [0.25, 0.3) is 0 Å². The summed E-state index contributed by atoms with van der Waals surface area (Å²) in [6.07, 6.45) is 1.64. The zero-order chi connectivity index (χ0) is 7.98. The Morgan fingerprint density at radius 2 is 2.40 bits per heavy atom. The van der Waals surface area contributed by atoms with Gasteiger partial charge in [0, 0.05) is 6.42 Å². The third kappa shape index (κ3) is 4.32. The van der Waals surface area contributed by atoms with Gasteiger partial charge >= 0.3 is 5.97 Å². The molecule has 0 rings (SSSR count). The summed E-state index contributed by atoms with van der Waals surface area (Å²) in [7, 11) is 0. The van der Waals surface area contributed by atoms with E-state index in [9.17, 15) is 4.79 Å². The molecule has 0 heterocycles. The van der Waals surface area contributed by atoms with Gasteiger partial charge in [-0.15, -0.1) is 0 Å². The van der Waals surface area contributed by atoms with Crippen molar-refractivity contribution in [2.24, 2.45) is 0 Å². The van der Waals surface area contributed by atoms with E-state index in [1.807, 2.05) is 6.92 Å². The first-order valence-corrected chi connectivity index (χ1v) is 3.38. The van der Waals surface area contributed by atoms with E-state index in [1.54, 1.807) is 6.92 Å². The lowest BCUT2D eigenvalue weighted by Gasteiger charge is -2.08. The Morgan fingerprint density at radius 3 is 2.80 bits per heavy atom. The van der Waals surface area contributed by atoms with E-state index < -0.39 is 12.3 Å². The lowest BCUT2D eigenvalue weighted by molar-refractivity contribution is -0.164. The minimum Gasteiger partial charge on any atom is -0.436 e. The van der Waals surface area contributed by atoms with E-state index in [0.717, 1.165) is 6.42 Å². The van der Waals surface area contributed by atoms with Crippen LogP contribution in [0.15, 0.2) is 0 Å². The third-order valence-corrected chi connectivity index (χ3v) is 1.02. The number of carbonyl (C=O) groups excluding carboxylic acids is 1. The monoisotopic (exact) mass is 145 g/mol. The number of ether oxygens (including phenoxy) is 1. The summed E-state index contributed by atoms with van der Waals surface area (Å²) in [5, 5.41) is 8.89. The number of hydrogen-bond acceptors (Lipinski definition) is 3. The highest BCUT2D eigenvalue weighted by atomic mass is 16.6. The molecule has 0 amide bonds. The summed E-state index contributed by atoms with van der Waals surface area (Å²) < 4.78 is 4.50. The van der Waals surface area contributed by atoms with Gasteiger partial charge in [-0.1, -0.05) is 20.3 Å². The fourth-order valence-electron chi connectivity index (χ4n) is 0.508. The van der Waals surface area contributed by atoms with Crippen LogP contribution in [0.4, 0.5) is 0 Å². The number of hydrogen-bond donors (Lipinski definition) is 1. The van der Waals surface area contributed by atoms with E-state index >= 15 is 0 Å². The van der Waals surface area contributed by atoms with Crippen LogP contribution in [0.25, 0.3) is 0 Å². The molecule has 1 N–H and O–H groups in total. The second-order valence-corrected chi connectivity index (χ2v) is 1.97. The Bertz CT molecular complexity index is 101. The summed E-state index contributed by atoms with van der Waals surface area (Å²) in [6, 6.07) is 0. The van der Waals surface area contributed by atoms with Gasteiger partial charge in [0.05, 0.1) is 6.42 Å². The molecule has 1 unspecified atom stereocenters. The van der Waals surface area contributed by atoms with E-state index in [2.05, 4.69) is 4.74 Å². The first-order valence-electron chi connectivity index (χ1n) is 3.38. The first kappa shape index (κ1) is 9.43. The summed E-state index contributed by atoms with van der Waals surface area (Å²) in [4.78, 5) is 10.5. The Labute approximate surface area is 61.0 Å². The van der Waals surface area contributed by atoms with Gasteiger partial charge in [0.1, 0.15) is 0 Å². The molecule has 0 aliphatic carbocycles. The quantitative estimate of drug-likeness (QED) is 0.471. The lowest BCUT2D eigenvalue weighted by atomic mass is 10.3. The van der Waals surface area contributed by atoms with Gasteiger partial charge in [0.15, 0.2) is 0 Å². The normalized spacial score (nSPS) is 12.7. The highest BCUT2D eigenvalue weighted by Gasteiger charge is 2.06. The predicted octanol–water partition coefficient (Wildman–Crippen LogP) is 0.872. The van der Waals surface area contributed by atoms with Crippen LogP contribution >= 0.6 is 0 Å². The fourth-order valence-corrected chi connectivity index (χ4v) is 0.508. The van der Waals surface area contributed by atoms with Gasteiger partial charge in [0.2, 0.25) is 6.29 Å². The molecule has 0 spiro atoms. The molecule has 0 aromatic rings. The molecular formula is C7H13O3. The van der Waals surface area contributed by atoms with Crippen LogP contribution in [0.5, 0.6) is 0 Å². The molecule has 0 aliphatic heterocycles. The highest BCUT2D eigenvalue weighted by Crippen LogP contribution is 1.98. The smallest absolute Gasteiger partial charge is 0.311 e. The van der Waals surface area contributed by atoms with Crippen LogP contribution in [0.1, 0.15) is 26.7 Å². The summed E-state index contributed by atoms with van der Waals surface area (Å²) in [5.74, 6) is -0.471. The van der Waals surface area contributed by atoms with E-state index in [-0.39, 0.29) is 0 Å². The van der Waals surface area contributed by atoms with Gasteiger partial charge in [-0.25, -0.2) is 0 Å². The minimum atomic E-state index is -0.936. The van der Waals surface area contributed by atoms with Crippen LogP contribution in [0.3, 0.4) is 0 Å².